The fourth-order valence-corrected chi connectivity index (χ4v) is 1.96. The maximum atomic E-state index is 5.35. The number of rotatable bonds is 3. The molecule has 1 aromatic carbocycles. The highest BCUT2D eigenvalue weighted by molar-refractivity contribution is 5.62. The molecule has 1 N–H and O–H groups in total. The fraction of sp³-hybridized carbons (Fsp3) is 0.133. The van der Waals surface area contributed by atoms with Crippen molar-refractivity contribution >= 4 is 11.5 Å². The number of nitrogens with one attached hydrogen (secondary N) is 1. The molecule has 2 aromatic heterocycles. The van der Waals surface area contributed by atoms with Gasteiger partial charge in [0.2, 0.25) is 0 Å². The van der Waals surface area contributed by atoms with E-state index in [-0.39, 0.29) is 0 Å². The lowest BCUT2D eigenvalue weighted by atomic mass is 10.2. The normalized spacial score (nSPS) is 10.6. The second-order valence-electron chi connectivity index (χ2n) is 4.57. The first-order valence-corrected chi connectivity index (χ1v) is 6.14. The Hall–Kier alpha value is -2.49. The summed E-state index contributed by atoms with van der Waals surface area (Å²) in [6.07, 6.45) is 1.98. The number of anilines is 2. The SMILES string of the molecule is Cc1ccc(Nc2cc(-c3cccn3C)on2)cc1. The lowest BCUT2D eigenvalue weighted by Crippen LogP contribution is -1.89. The number of benzene rings is 1. The Morgan fingerprint density at radius 2 is 1.95 bits per heavy atom. The molecule has 4 nitrogen and oxygen atoms in total. The van der Waals surface area contributed by atoms with E-state index < -0.39 is 0 Å². The van der Waals surface area contributed by atoms with Crippen molar-refractivity contribution in [3.05, 3.63) is 54.2 Å². The minimum absolute atomic E-state index is 0.708. The second-order valence-corrected chi connectivity index (χ2v) is 4.57. The summed E-state index contributed by atoms with van der Waals surface area (Å²) in [4.78, 5) is 0. The standard InChI is InChI=1S/C15H15N3O/c1-11-5-7-12(8-6-11)16-15-10-14(19-17-15)13-4-3-9-18(13)2/h3-10H,1-2H3,(H,16,17). The van der Waals surface area contributed by atoms with Crippen molar-refractivity contribution in [2.45, 2.75) is 6.92 Å². The molecule has 0 saturated carbocycles. The maximum Gasteiger partial charge on any atom is 0.185 e. The first-order valence-electron chi connectivity index (χ1n) is 6.14. The summed E-state index contributed by atoms with van der Waals surface area (Å²) < 4.78 is 7.35. The molecule has 0 aliphatic rings. The number of nitrogens with zero attached hydrogens (tertiary/aromatic N) is 2. The van der Waals surface area contributed by atoms with Crippen LogP contribution in [0.25, 0.3) is 11.5 Å². The minimum atomic E-state index is 0.708. The summed E-state index contributed by atoms with van der Waals surface area (Å²) >= 11 is 0. The van der Waals surface area contributed by atoms with E-state index in [0.717, 1.165) is 17.1 Å². The van der Waals surface area contributed by atoms with Gasteiger partial charge in [0.1, 0.15) is 0 Å². The van der Waals surface area contributed by atoms with Gasteiger partial charge >= 0.3 is 0 Å². The Bertz CT molecular complexity index is 679. The van der Waals surface area contributed by atoms with Gasteiger partial charge in [0.05, 0.1) is 5.69 Å². The van der Waals surface area contributed by atoms with Crippen molar-refractivity contribution in [1.29, 1.82) is 0 Å². The van der Waals surface area contributed by atoms with Crippen LogP contribution in [0.1, 0.15) is 5.56 Å². The Balaban J connectivity index is 1.82. The van der Waals surface area contributed by atoms with Crippen molar-refractivity contribution in [2.24, 2.45) is 7.05 Å². The third-order valence-corrected chi connectivity index (χ3v) is 3.03. The Kier molecular flexibility index (Phi) is 2.83. The quantitative estimate of drug-likeness (QED) is 0.773. The van der Waals surface area contributed by atoms with Crippen LogP contribution < -0.4 is 5.32 Å². The monoisotopic (exact) mass is 253 g/mol. The van der Waals surface area contributed by atoms with Crippen LogP contribution in [0.15, 0.2) is 53.2 Å². The van der Waals surface area contributed by atoms with Gasteiger partial charge in [0, 0.05) is 25.0 Å². The Morgan fingerprint density at radius 3 is 2.63 bits per heavy atom. The van der Waals surface area contributed by atoms with Crippen LogP contribution in [-0.2, 0) is 7.05 Å². The molecule has 0 unspecified atom stereocenters. The Labute approximate surface area is 111 Å². The molecule has 19 heavy (non-hydrogen) atoms. The van der Waals surface area contributed by atoms with Crippen LogP contribution >= 0.6 is 0 Å². The number of aromatic nitrogens is 2. The molecule has 0 amide bonds. The maximum absolute atomic E-state index is 5.35. The molecule has 0 spiro atoms. The molecule has 2 heterocycles. The zero-order valence-corrected chi connectivity index (χ0v) is 10.9. The molecule has 0 saturated heterocycles. The molecule has 0 aliphatic heterocycles. The molecule has 3 rings (SSSR count). The highest BCUT2D eigenvalue weighted by Gasteiger charge is 2.09. The van der Waals surface area contributed by atoms with Gasteiger partial charge in [-0.2, -0.15) is 0 Å². The lowest BCUT2D eigenvalue weighted by molar-refractivity contribution is 0.433. The van der Waals surface area contributed by atoms with E-state index in [4.69, 9.17) is 4.52 Å². The van der Waals surface area contributed by atoms with E-state index in [1.165, 1.54) is 5.56 Å². The average Bonchev–Trinajstić information content (AvgIpc) is 3.01. The largest absolute Gasteiger partial charge is 0.353 e. The molecule has 4 heteroatoms. The van der Waals surface area contributed by atoms with Crippen LogP contribution in [0.4, 0.5) is 11.5 Å². The van der Waals surface area contributed by atoms with Crippen molar-refractivity contribution in [3.63, 3.8) is 0 Å². The van der Waals surface area contributed by atoms with Crippen molar-refractivity contribution in [2.75, 3.05) is 5.32 Å². The minimum Gasteiger partial charge on any atom is -0.353 e. The average molecular weight is 253 g/mol. The van der Waals surface area contributed by atoms with E-state index in [1.54, 1.807) is 0 Å². The third-order valence-electron chi connectivity index (χ3n) is 3.03. The van der Waals surface area contributed by atoms with Crippen LogP contribution in [0, 0.1) is 6.92 Å². The summed E-state index contributed by atoms with van der Waals surface area (Å²) in [7, 11) is 1.98. The van der Waals surface area contributed by atoms with Gasteiger partial charge in [-0.25, -0.2) is 0 Å². The zero-order chi connectivity index (χ0) is 13.2. The van der Waals surface area contributed by atoms with Gasteiger partial charge in [-0.1, -0.05) is 22.9 Å². The predicted octanol–water partition coefficient (Wildman–Crippen LogP) is 3.73. The van der Waals surface area contributed by atoms with E-state index >= 15 is 0 Å². The first-order chi connectivity index (χ1) is 9.22. The Morgan fingerprint density at radius 1 is 1.16 bits per heavy atom. The second kappa shape index (κ2) is 4.65. The van der Waals surface area contributed by atoms with Gasteiger partial charge in [-0.15, -0.1) is 0 Å². The van der Waals surface area contributed by atoms with Crippen LogP contribution in [0.5, 0.6) is 0 Å². The van der Waals surface area contributed by atoms with Gasteiger partial charge < -0.3 is 14.4 Å². The third kappa shape index (κ3) is 2.38. The molecule has 0 fully saturated rings. The van der Waals surface area contributed by atoms with E-state index in [0.29, 0.717) is 5.82 Å². The first kappa shape index (κ1) is 11.6. The van der Waals surface area contributed by atoms with Crippen molar-refractivity contribution in [3.8, 4) is 11.5 Å². The molecule has 3 aromatic rings. The van der Waals surface area contributed by atoms with Gasteiger partial charge in [0.15, 0.2) is 11.6 Å². The summed E-state index contributed by atoms with van der Waals surface area (Å²) in [6, 6.07) is 14.0. The zero-order valence-electron chi connectivity index (χ0n) is 10.9. The molecule has 0 atom stereocenters. The van der Waals surface area contributed by atoms with Gasteiger partial charge in [-0.05, 0) is 31.2 Å². The topological polar surface area (TPSA) is 43.0 Å². The highest BCUT2D eigenvalue weighted by atomic mass is 16.5. The summed E-state index contributed by atoms with van der Waals surface area (Å²) in [5, 5.41) is 7.25. The van der Waals surface area contributed by atoms with E-state index in [2.05, 4.69) is 29.5 Å². The molecular weight excluding hydrogens is 238 g/mol. The molecular formula is C15H15N3O. The van der Waals surface area contributed by atoms with Crippen LogP contribution in [0.2, 0.25) is 0 Å². The number of hydrogen-bond acceptors (Lipinski definition) is 3. The van der Waals surface area contributed by atoms with Crippen LogP contribution in [-0.4, -0.2) is 9.72 Å². The lowest BCUT2D eigenvalue weighted by Gasteiger charge is -2.01. The molecule has 96 valence electrons. The summed E-state index contributed by atoms with van der Waals surface area (Å²) in [5.41, 5.74) is 3.23. The summed E-state index contributed by atoms with van der Waals surface area (Å²) in [5.74, 6) is 1.46. The van der Waals surface area contributed by atoms with E-state index in [9.17, 15) is 0 Å². The number of aryl methyl sites for hydroxylation is 2. The molecule has 0 radical (unpaired) electrons. The van der Waals surface area contributed by atoms with Gasteiger partial charge in [0.25, 0.3) is 0 Å². The smallest absolute Gasteiger partial charge is 0.185 e. The van der Waals surface area contributed by atoms with Gasteiger partial charge in [-0.3, -0.25) is 0 Å². The van der Waals surface area contributed by atoms with Crippen molar-refractivity contribution in [1.82, 2.24) is 9.72 Å². The molecule has 0 bridgehead atoms. The predicted molar refractivity (Wildman–Crippen MR) is 75.4 cm³/mol. The fourth-order valence-electron chi connectivity index (χ4n) is 1.96. The summed E-state index contributed by atoms with van der Waals surface area (Å²) in [6.45, 7) is 2.06. The van der Waals surface area contributed by atoms with Crippen molar-refractivity contribution < 1.29 is 4.52 Å². The number of hydrogen-bond donors (Lipinski definition) is 1. The van der Waals surface area contributed by atoms with Crippen LogP contribution in [0.3, 0.4) is 0 Å². The highest BCUT2D eigenvalue weighted by Crippen LogP contribution is 2.24. The van der Waals surface area contributed by atoms with E-state index in [1.807, 2.05) is 48.1 Å². The molecule has 0 aliphatic carbocycles.